The number of aliphatic hydroxyl groups is 1. The zero-order chi connectivity index (χ0) is 14.8. The normalized spacial score (nSPS) is 28.1. The standard InChI is InChI=1S/C17H25ClN2O/c1-2-7-19-11-12-3-4-13(18)8-17(12)20-14-5-6-15(20)10-16(21)9-14/h3-4,8,14-16,19,21H,2,5-7,9-11H2,1H3. The van der Waals surface area contributed by atoms with Crippen molar-refractivity contribution in [2.75, 3.05) is 11.4 Å². The molecule has 1 aromatic carbocycles. The van der Waals surface area contributed by atoms with E-state index in [4.69, 9.17) is 11.6 Å². The fourth-order valence-corrected chi connectivity index (χ4v) is 4.03. The Balaban J connectivity index is 1.85. The van der Waals surface area contributed by atoms with Crippen LogP contribution < -0.4 is 10.2 Å². The van der Waals surface area contributed by atoms with Gasteiger partial charge in [0.15, 0.2) is 0 Å². The predicted octanol–water partition coefficient (Wildman–Crippen LogP) is 3.33. The van der Waals surface area contributed by atoms with Crippen LogP contribution in [0.5, 0.6) is 0 Å². The maximum absolute atomic E-state index is 9.99. The molecule has 0 aromatic heterocycles. The lowest BCUT2D eigenvalue weighted by Gasteiger charge is -2.40. The van der Waals surface area contributed by atoms with E-state index in [0.29, 0.717) is 12.1 Å². The van der Waals surface area contributed by atoms with Gasteiger partial charge in [-0.2, -0.15) is 0 Å². The van der Waals surface area contributed by atoms with E-state index in [1.807, 2.05) is 6.07 Å². The van der Waals surface area contributed by atoms with Crippen LogP contribution in [-0.4, -0.2) is 29.8 Å². The van der Waals surface area contributed by atoms with E-state index in [1.165, 1.54) is 24.1 Å². The Bertz CT molecular complexity index is 480. The highest BCUT2D eigenvalue weighted by Crippen LogP contribution is 2.41. The Labute approximate surface area is 132 Å². The van der Waals surface area contributed by atoms with Crippen LogP contribution in [0.15, 0.2) is 18.2 Å². The monoisotopic (exact) mass is 308 g/mol. The molecule has 2 saturated heterocycles. The van der Waals surface area contributed by atoms with Gasteiger partial charge in [-0.3, -0.25) is 0 Å². The molecule has 0 radical (unpaired) electrons. The molecule has 2 fully saturated rings. The first-order valence-corrected chi connectivity index (χ1v) is 8.52. The summed E-state index contributed by atoms with van der Waals surface area (Å²) in [6, 6.07) is 7.18. The second-order valence-electron chi connectivity index (χ2n) is 6.37. The van der Waals surface area contributed by atoms with E-state index in [9.17, 15) is 5.11 Å². The van der Waals surface area contributed by atoms with Crippen molar-refractivity contribution in [1.29, 1.82) is 0 Å². The molecule has 1 aromatic rings. The summed E-state index contributed by atoms with van der Waals surface area (Å²) in [4.78, 5) is 2.53. The van der Waals surface area contributed by atoms with Crippen molar-refractivity contribution in [2.24, 2.45) is 0 Å². The zero-order valence-corrected chi connectivity index (χ0v) is 13.4. The van der Waals surface area contributed by atoms with Crippen molar-refractivity contribution in [1.82, 2.24) is 5.32 Å². The molecule has 2 heterocycles. The number of hydrogen-bond donors (Lipinski definition) is 2. The van der Waals surface area contributed by atoms with Crippen LogP contribution in [0, 0.1) is 0 Å². The number of nitrogens with zero attached hydrogens (tertiary/aromatic N) is 1. The number of rotatable bonds is 5. The highest BCUT2D eigenvalue weighted by molar-refractivity contribution is 6.30. The molecule has 116 valence electrons. The van der Waals surface area contributed by atoms with Crippen LogP contribution in [0.2, 0.25) is 5.02 Å². The van der Waals surface area contributed by atoms with Gasteiger partial charge < -0.3 is 15.3 Å². The van der Waals surface area contributed by atoms with E-state index < -0.39 is 0 Å². The summed E-state index contributed by atoms with van der Waals surface area (Å²) in [6.07, 6.45) is 5.19. The number of anilines is 1. The average Bonchev–Trinajstić information content (AvgIpc) is 2.72. The highest BCUT2D eigenvalue weighted by Gasteiger charge is 2.40. The second-order valence-corrected chi connectivity index (χ2v) is 6.80. The van der Waals surface area contributed by atoms with Crippen molar-refractivity contribution in [3.63, 3.8) is 0 Å². The van der Waals surface area contributed by atoms with Crippen LogP contribution in [0.25, 0.3) is 0 Å². The van der Waals surface area contributed by atoms with Crippen molar-refractivity contribution >= 4 is 17.3 Å². The van der Waals surface area contributed by atoms with E-state index >= 15 is 0 Å². The van der Waals surface area contributed by atoms with Gasteiger partial charge in [-0.15, -0.1) is 0 Å². The van der Waals surface area contributed by atoms with Gasteiger partial charge in [0, 0.05) is 29.3 Å². The van der Waals surface area contributed by atoms with Gasteiger partial charge >= 0.3 is 0 Å². The summed E-state index contributed by atoms with van der Waals surface area (Å²) < 4.78 is 0. The molecule has 2 aliphatic heterocycles. The van der Waals surface area contributed by atoms with Crippen molar-refractivity contribution < 1.29 is 5.11 Å². The third-order valence-electron chi connectivity index (χ3n) is 4.78. The van der Waals surface area contributed by atoms with Crippen molar-refractivity contribution in [3.05, 3.63) is 28.8 Å². The van der Waals surface area contributed by atoms with E-state index in [1.54, 1.807) is 0 Å². The van der Waals surface area contributed by atoms with Gasteiger partial charge in [-0.05, 0) is 56.3 Å². The Hall–Kier alpha value is -0.770. The lowest BCUT2D eigenvalue weighted by atomic mass is 9.97. The molecule has 2 atom stereocenters. The lowest BCUT2D eigenvalue weighted by Crippen LogP contribution is -2.45. The van der Waals surface area contributed by atoms with Crippen molar-refractivity contribution in [2.45, 2.75) is 63.8 Å². The van der Waals surface area contributed by atoms with E-state index in [-0.39, 0.29) is 6.10 Å². The lowest BCUT2D eigenvalue weighted by molar-refractivity contribution is 0.126. The maximum Gasteiger partial charge on any atom is 0.0579 e. The molecule has 4 heteroatoms. The minimum absolute atomic E-state index is 0.125. The smallest absolute Gasteiger partial charge is 0.0579 e. The molecule has 21 heavy (non-hydrogen) atoms. The topological polar surface area (TPSA) is 35.5 Å². The SMILES string of the molecule is CCCNCc1ccc(Cl)cc1N1C2CCC1CC(O)C2. The van der Waals surface area contributed by atoms with Gasteiger partial charge in [0.05, 0.1) is 6.10 Å². The molecular formula is C17H25ClN2O. The third-order valence-corrected chi connectivity index (χ3v) is 5.01. The molecule has 2 N–H and O–H groups in total. The number of aliphatic hydroxyl groups excluding tert-OH is 1. The molecule has 2 bridgehead atoms. The number of nitrogens with one attached hydrogen (secondary N) is 1. The Morgan fingerprint density at radius 2 is 2.00 bits per heavy atom. The third kappa shape index (κ3) is 3.20. The Morgan fingerprint density at radius 1 is 1.29 bits per heavy atom. The van der Waals surface area contributed by atoms with E-state index in [2.05, 4.69) is 29.3 Å². The van der Waals surface area contributed by atoms with Crippen LogP contribution in [-0.2, 0) is 6.54 Å². The summed E-state index contributed by atoms with van der Waals surface area (Å²) in [6.45, 7) is 4.11. The fraction of sp³-hybridized carbons (Fsp3) is 0.647. The van der Waals surface area contributed by atoms with Crippen LogP contribution in [0.4, 0.5) is 5.69 Å². The zero-order valence-electron chi connectivity index (χ0n) is 12.7. The van der Waals surface area contributed by atoms with Gasteiger partial charge in [0.1, 0.15) is 0 Å². The first-order chi connectivity index (χ1) is 10.2. The predicted molar refractivity (Wildman–Crippen MR) is 88.0 cm³/mol. The molecule has 0 saturated carbocycles. The largest absolute Gasteiger partial charge is 0.393 e. The molecule has 0 aliphatic carbocycles. The first kappa shape index (κ1) is 15.1. The van der Waals surface area contributed by atoms with Gasteiger partial charge in [0.25, 0.3) is 0 Å². The van der Waals surface area contributed by atoms with Crippen LogP contribution in [0.3, 0.4) is 0 Å². The number of fused-ring (bicyclic) bond motifs is 2. The minimum atomic E-state index is -0.125. The molecule has 0 spiro atoms. The number of piperidine rings is 1. The maximum atomic E-state index is 9.99. The molecule has 3 nitrogen and oxygen atoms in total. The Morgan fingerprint density at radius 3 is 2.67 bits per heavy atom. The molecule has 2 aliphatic rings. The summed E-state index contributed by atoms with van der Waals surface area (Å²) in [5.41, 5.74) is 2.59. The minimum Gasteiger partial charge on any atom is -0.393 e. The quantitative estimate of drug-likeness (QED) is 0.819. The summed E-state index contributed by atoms with van der Waals surface area (Å²) in [5, 5.41) is 14.3. The number of hydrogen-bond acceptors (Lipinski definition) is 3. The van der Waals surface area contributed by atoms with Gasteiger partial charge in [0.2, 0.25) is 0 Å². The van der Waals surface area contributed by atoms with E-state index in [0.717, 1.165) is 37.4 Å². The van der Waals surface area contributed by atoms with Gasteiger partial charge in [-0.25, -0.2) is 0 Å². The summed E-state index contributed by atoms with van der Waals surface area (Å²) >= 11 is 6.25. The van der Waals surface area contributed by atoms with Crippen molar-refractivity contribution in [3.8, 4) is 0 Å². The summed E-state index contributed by atoms with van der Waals surface area (Å²) in [5.74, 6) is 0. The number of halogens is 1. The highest BCUT2D eigenvalue weighted by atomic mass is 35.5. The second kappa shape index (κ2) is 6.55. The molecule has 3 rings (SSSR count). The average molecular weight is 309 g/mol. The molecule has 2 unspecified atom stereocenters. The summed E-state index contributed by atoms with van der Waals surface area (Å²) in [7, 11) is 0. The van der Waals surface area contributed by atoms with Gasteiger partial charge in [-0.1, -0.05) is 24.6 Å². The van der Waals surface area contributed by atoms with Crippen LogP contribution >= 0.6 is 11.6 Å². The Kier molecular flexibility index (Phi) is 4.72. The number of benzene rings is 1. The molecule has 0 amide bonds. The molecular weight excluding hydrogens is 284 g/mol. The fourth-order valence-electron chi connectivity index (χ4n) is 3.87. The first-order valence-electron chi connectivity index (χ1n) is 8.14. The van der Waals surface area contributed by atoms with Crippen LogP contribution in [0.1, 0.15) is 44.6 Å².